The van der Waals surface area contributed by atoms with Gasteiger partial charge in [0.1, 0.15) is 0 Å². The Morgan fingerprint density at radius 2 is 2.43 bits per heavy atom. The summed E-state index contributed by atoms with van der Waals surface area (Å²) < 4.78 is 0. The topological polar surface area (TPSA) is 76.2 Å². The third kappa shape index (κ3) is 2.53. The van der Waals surface area contributed by atoms with Crippen molar-refractivity contribution in [1.29, 1.82) is 0 Å². The standard InChI is InChI=1S/C10H14N2O2/c1-7-3-2-4-12-10(7)8(6-11)5-9(13)14/h2-4,8H,5-6,11H2,1H3,(H,13,14). The lowest BCUT2D eigenvalue weighted by Crippen LogP contribution is -2.18. The highest BCUT2D eigenvalue weighted by Gasteiger charge is 2.16. The molecule has 0 aliphatic heterocycles. The molecule has 4 heteroatoms. The van der Waals surface area contributed by atoms with Crippen LogP contribution >= 0.6 is 0 Å². The van der Waals surface area contributed by atoms with Gasteiger partial charge in [-0.25, -0.2) is 0 Å². The SMILES string of the molecule is Cc1cccnc1C(CN)CC(=O)O. The second-order valence-corrected chi connectivity index (χ2v) is 3.24. The number of rotatable bonds is 4. The largest absolute Gasteiger partial charge is 0.481 e. The Hall–Kier alpha value is -1.42. The van der Waals surface area contributed by atoms with Gasteiger partial charge in [-0.05, 0) is 18.6 Å². The first-order chi connectivity index (χ1) is 6.65. The molecule has 1 heterocycles. The van der Waals surface area contributed by atoms with E-state index in [0.717, 1.165) is 11.3 Å². The number of carbonyl (C=O) groups is 1. The monoisotopic (exact) mass is 194 g/mol. The Morgan fingerprint density at radius 3 is 2.93 bits per heavy atom. The van der Waals surface area contributed by atoms with Crippen LogP contribution in [-0.2, 0) is 4.79 Å². The van der Waals surface area contributed by atoms with E-state index in [4.69, 9.17) is 10.8 Å². The van der Waals surface area contributed by atoms with Gasteiger partial charge in [-0.3, -0.25) is 9.78 Å². The predicted octanol–water partition coefficient (Wildman–Crippen LogP) is 0.907. The molecular formula is C10H14N2O2. The normalized spacial score (nSPS) is 12.4. The summed E-state index contributed by atoms with van der Waals surface area (Å²) in [4.78, 5) is 14.7. The third-order valence-corrected chi connectivity index (χ3v) is 2.14. The van der Waals surface area contributed by atoms with E-state index < -0.39 is 5.97 Å². The molecule has 76 valence electrons. The number of aromatic nitrogens is 1. The summed E-state index contributed by atoms with van der Waals surface area (Å²) in [7, 11) is 0. The van der Waals surface area contributed by atoms with Crippen molar-refractivity contribution in [1.82, 2.24) is 4.98 Å². The van der Waals surface area contributed by atoms with E-state index in [-0.39, 0.29) is 12.3 Å². The van der Waals surface area contributed by atoms with Crippen LogP contribution in [0, 0.1) is 6.92 Å². The molecule has 0 bridgehead atoms. The Labute approximate surface area is 82.8 Å². The molecule has 0 aliphatic carbocycles. The summed E-state index contributed by atoms with van der Waals surface area (Å²) >= 11 is 0. The summed E-state index contributed by atoms with van der Waals surface area (Å²) in [5, 5.41) is 8.68. The van der Waals surface area contributed by atoms with Crippen LogP contribution in [-0.4, -0.2) is 22.6 Å². The van der Waals surface area contributed by atoms with Gasteiger partial charge in [0.15, 0.2) is 0 Å². The van der Waals surface area contributed by atoms with E-state index in [0.29, 0.717) is 6.54 Å². The zero-order chi connectivity index (χ0) is 10.6. The van der Waals surface area contributed by atoms with Crippen molar-refractivity contribution in [3.05, 3.63) is 29.6 Å². The van der Waals surface area contributed by atoms with E-state index in [1.165, 1.54) is 0 Å². The molecule has 0 fully saturated rings. The first kappa shape index (κ1) is 10.7. The smallest absolute Gasteiger partial charge is 0.304 e. The molecule has 0 saturated heterocycles. The number of aliphatic carboxylic acids is 1. The highest BCUT2D eigenvalue weighted by atomic mass is 16.4. The third-order valence-electron chi connectivity index (χ3n) is 2.14. The summed E-state index contributed by atoms with van der Waals surface area (Å²) in [6.45, 7) is 2.22. The zero-order valence-corrected chi connectivity index (χ0v) is 8.10. The molecule has 0 aromatic carbocycles. The van der Waals surface area contributed by atoms with Crippen LogP contribution in [0.3, 0.4) is 0 Å². The Balaban J connectivity index is 2.89. The molecule has 1 aromatic heterocycles. The maximum absolute atomic E-state index is 10.6. The van der Waals surface area contributed by atoms with Crippen molar-refractivity contribution in [3.8, 4) is 0 Å². The van der Waals surface area contributed by atoms with Gasteiger partial charge < -0.3 is 10.8 Å². The van der Waals surface area contributed by atoms with Crippen molar-refractivity contribution in [3.63, 3.8) is 0 Å². The van der Waals surface area contributed by atoms with Crippen LogP contribution in [0.1, 0.15) is 23.6 Å². The maximum atomic E-state index is 10.6. The highest BCUT2D eigenvalue weighted by molar-refractivity contribution is 5.68. The lowest BCUT2D eigenvalue weighted by Gasteiger charge is -2.13. The van der Waals surface area contributed by atoms with Crippen molar-refractivity contribution < 1.29 is 9.90 Å². The Bertz CT molecular complexity index is 326. The number of hydrogen-bond acceptors (Lipinski definition) is 3. The van der Waals surface area contributed by atoms with Crippen LogP contribution < -0.4 is 5.73 Å². The van der Waals surface area contributed by atoms with Gasteiger partial charge in [-0.1, -0.05) is 6.07 Å². The Morgan fingerprint density at radius 1 is 1.71 bits per heavy atom. The molecule has 1 rings (SSSR count). The molecule has 0 amide bonds. The first-order valence-electron chi connectivity index (χ1n) is 4.48. The summed E-state index contributed by atoms with van der Waals surface area (Å²) in [5.41, 5.74) is 7.30. The fraction of sp³-hybridized carbons (Fsp3) is 0.400. The molecule has 0 aliphatic rings. The summed E-state index contributed by atoms with van der Waals surface area (Å²) in [6.07, 6.45) is 1.70. The van der Waals surface area contributed by atoms with Crippen LogP contribution in [0.4, 0.5) is 0 Å². The zero-order valence-electron chi connectivity index (χ0n) is 8.10. The number of hydrogen-bond donors (Lipinski definition) is 2. The minimum absolute atomic E-state index is 0.0361. The summed E-state index contributed by atoms with van der Waals surface area (Å²) in [6, 6.07) is 3.74. The average Bonchev–Trinajstić information content (AvgIpc) is 2.15. The first-order valence-corrected chi connectivity index (χ1v) is 4.48. The quantitative estimate of drug-likeness (QED) is 0.746. The molecule has 0 spiro atoms. The average molecular weight is 194 g/mol. The van der Waals surface area contributed by atoms with Crippen LogP contribution in [0.15, 0.2) is 18.3 Å². The van der Waals surface area contributed by atoms with E-state index in [1.54, 1.807) is 6.20 Å². The van der Waals surface area contributed by atoms with Gasteiger partial charge >= 0.3 is 5.97 Å². The number of nitrogens with two attached hydrogens (primary N) is 1. The molecule has 1 unspecified atom stereocenters. The summed E-state index contributed by atoms with van der Waals surface area (Å²) in [5.74, 6) is -1.03. The fourth-order valence-corrected chi connectivity index (χ4v) is 1.43. The van der Waals surface area contributed by atoms with Crippen molar-refractivity contribution in [2.75, 3.05) is 6.54 Å². The lowest BCUT2D eigenvalue weighted by atomic mass is 9.97. The highest BCUT2D eigenvalue weighted by Crippen LogP contribution is 2.19. The predicted molar refractivity (Wildman–Crippen MR) is 53.0 cm³/mol. The molecule has 0 radical (unpaired) electrons. The van der Waals surface area contributed by atoms with E-state index >= 15 is 0 Å². The van der Waals surface area contributed by atoms with E-state index in [2.05, 4.69) is 4.98 Å². The molecule has 3 N–H and O–H groups in total. The van der Waals surface area contributed by atoms with Crippen LogP contribution in [0.25, 0.3) is 0 Å². The van der Waals surface area contributed by atoms with Gasteiger partial charge in [0.25, 0.3) is 0 Å². The number of carboxylic acid groups (broad SMARTS) is 1. The van der Waals surface area contributed by atoms with Gasteiger partial charge in [-0.2, -0.15) is 0 Å². The van der Waals surface area contributed by atoms with Crippen LogP contribution in [0.5, 0.6) is 0 Å². The van der Waals surface area contributed by atoms with Gasteiger partial charge in [0.05, 0.1) is 6.42 Å². The Kier molecular flexibility index (Phi) is 3.59. The molecule has 0 saturated carbocycles. The van der Waals surface area contributed by atoms with Crippen molar-refractivity contribution >= 4 is 5.97 Å². The molecule has 4 nitrogen and oxygen atoms in total. The van der Waals surface area contributed by atoms with E-state index in [1.807, 2.05) is 19.1 Å². The minimum atomic E-state index is -0.842. The number of carboxylic acids is 1. The second kappa shape index (κ2) is 4.72. The number of pyridine rings is 1. The molecule has 14 heavy (non-hydrogen) atoms. The number of nitrogens with zero attached hydrogens (tertiary/aromatic N) is 1. The van der Waals surface area contributed by atoms with Crippen molar-refractivity contribution in [2.45, 2.75) is 19.3 Å². The van der Waals surface area contributed by atoms with Gasteiger partial charge in [-0.15, -0.1) is 0 Å². The second-order valence-electron chi connectivity index (χ2n) is 3.24. The minimum Gasteiger partial charge on any atom is -0.481 e. The lowest BCUT2D eigenvalue weighted by molar-refractivity contribution is -0.137. The van der Waals surface area contributed by atoms with Crippen LogP contribution in [0.2, 0.25) is 0 Å². The number of aryl methyl sites for hydroxylation is 1. The molecule has 1 aromatic rings. The maximum Gasteiger partial charge on any atom is 0.304 e. The van der Waals surface area contributed by atoms with Gasteiger partial charge in [0, 0.05) is 24.4 Å². The molecular weight excluding hydrogens is 180 g/mol. The fourth-order valence-electron chi connectivity index (χ4n) is 1.43. The van der Waals surface area contributed by atoms with E-state index in [9.17, 15) is 4.79 Å². The van der Waals surface area contributed by atoms with Gasteiger partial charge in [0.2, 0.25) is 0 Å². The van der Waals surface area contributed by atoms with Crippen molar-refractivity contribution in [2.24, 2.45) is 5.73 Å². The molecule has 1 atom stereocenters.